The number of nitrogens with zero attached hydrogens (tertiary/aromatic N) is 2. The maximum atomic E-state index is 12.6. The highest BCUT2D eigenvalue weighted by Crippen LogP contribution is 2.15. The van der Waals surface area contributed by atoms with Crippen LogP contribution in [-0.2, 0) is 0 Å². The van der Waals surface area contributed by atoms with Crippen LogP contribution >= 0.6 is 0 Å². The molecule has 0 fully saturated rings. The number of anilines is 1. The molecule has 0 saturated carbocycles. The monoisotopic (exact) mass is 362 g/mol. The maximum absolute atomic E-state index is 12.6. The number of benzene rings is 2. The van der Waals surface area contributed by atoms with E-state index >= 15 is 0 Å². The SMILES string of the molecule is Cc1nc2ccc(C(=O)NCC(Nc3ccccc3)C(C)C)cc2nc1C. The molecule has 1 aromatic heterocycles. The Kier molecular flexibility index (Phi) is 5.69. The summed E-state index contributed by atoms with van der Waals surface area (Å²) in [6.45, 7) is 8.69. The van der Waals surface area contributed by atoms with Crippen molar-refractivity contribution in [1.82, 2.24) is 15.3 Å². The molecule has 5 heteroatoms. The Morgan fingerprint density at radius 3 is 2.30 bits per heavy atom. The van der Waals surface area contributed by atoms with Crippen molar-refractivity contribution in [3.05, 3.63) is 65.5 Å². The minimum atomic E-state index is -0.0996. The van der Waals surface area contributed by atoms with E-state index in [0.717, 1.165) is 28.1 Å². The number of hydrogen-bond donors (Lipinski definition) is 2. The van der Waals surface area contributed by atoms with Crippen molar-refractivity contribution in [2.45, 2.75) is 33.7 Å². The van der Waals surface area contributed by atoms with Gasteiger partial charge in [-0.3, -0.25) is 4.79 Å². The zero-order valence-corrected chi connectivity index (χ0v) is 16.3. The molecule has 27 heavy (non-hydrogen) atoms. The van der Waals surface area contributed by atoms with Crippen LogP contribution in [0.3, 0.4) is 0 Å². The van der Waals surface area contributed by atoms with E-state index in [1.807, 2.05) is 50.2 Å². The summed E-state index contributed by atoms with van der Waals surface area (Å²) in [6.07, 6.45) is 0. The number of carbonyl (C=O) groups excluding carboxylic acids is 1. The molecule has 0 aliphatic rings. The number of rotatable bonds is 6. The topological polar surface area (TPSA) is 66.9 Å². The van der Waals surface area contributed by atoms with Crippen LogP contribution in [0.5, 0.6) is 0 Å². The van der Waals surface area contributed by atoms with Gasteiger partial charge in [-0.05, 0) is 50.1 Å². The highest BCUT2D eigenvalue weighted by Gasteiger charge is 2.16. The zero-order chi connectivity index (χ0) is 19.4. The van der Waals surface area contributed by atoms with Crippen molar-refractivity contribution < 1.29 is 4.79 Å². The number of para-hydroxylation sites is 1. The van der Waals surface area contributed by atoms with Gasteiger partial charge in [-0.2, -0.15) is 0 Å². The summed E-state index contributed by atoms with van der Waals surface area (Å²) in [7, 11) is 0. The summed E-state index contributed by atoms with van der Waals surface area (Å²) >= 11 is 0. The summed E-state index contributed by atoms with van der Waals surface area (Å²) in [5.74, 6) is 0.274. The first-order valence-corrected chi connectivity index (χ1v) is 9.29. The highest BCUT2D eigenvalue weighted by molar-refractivity contribution is 5.97. The van der Waals surface area contributed by atoms with Gasteiger partial charge in [-0.25, -0.2) is 9.97 Å². The van der Waals surface area contributed by atoms with E-state index in [4.69, 9.17) is 0 Å². The number of hydrogen-bond acceptors (Lipinski definition) is 4. The molecule has 0 bridgehead atoms. The van der Waals surface area contributed by atoms with Gasteiger partial charge < -0.3 is 10.6 Å². The van der Waals surface area contributed by atoms with Crippen molar-refractivity contribution in [2.75, 3.05) is 11.9 Å². The third-order valence-electron chi connectivity index (χ3n) is 4.75. The third-order valence-corrected chi connectivity index (χ3v) is 4.75. The Hall–Kier alpha value is -2.95. The Bertz CT molecular complexity index is 938. The van der Waals surface area contributed by atoms with Crippen LogP contribution in [0.2, 0.25) is 0 Å². The lowest BCUT2D eigenvalue weighted by molar-refractivity contribution is 0.0950. The van der Waals surface area contributed by atoms with Crippen LogP contribution in [0.1, 0.15) is 35.6 Å². The molecule has 3 aromatic rings. The number of aryl methyl sites for hydroxylation is 2. The second-order valence-electron chi connectivity index (χ2n) is 7.17. The number of amides is 1. The second kappa shape index (κ2) is 8.16. The van der Waals surface area contributed by atoms with Crippen molar-refractivity contribution >= 4 is 22.6 Å². The van der Waals surface area contributed by atoms with Crippen molar-refractivity contribution in [1.29, 1.82) is 0 Å². The van der Waals surface area contributed by atoms with Gasteiger partial charge in [0.25, 0.3) is 5.91 Å². The molecule has 0 saturated heterocycles. The predicted octanol–water partition coefficient (Wildman–Crippen LogP) is 4.11. The molecule has 0 radical (unpaired) electrons. The Labute approximate surface area is 160 Å². The Morgan fingerprint density at radius 2 is 1.63 bits per heavy atom. The van der Waals surface area contributed by atoms with E-state index in [0.29, 0.717) is 18.0 Å². The van der Waals surface area contributed by atoms with Gasteiger partial charge in [0.05, 0.1) is 22.4 Å². The fourth-order valence-electron chi connectivity index (χ4n) is 2.88. The maximum Gasteiger partial charge on any atom is 0.251 e. The summed E-state index contributed by atoms with van der Waals surface area (Å²) in [5, 5.41) is 6.53. The van der Waals surface area contributed by atoms with Gasteiger partial charge in [0, 0.05) is 23.8 Å². The Balaban J connectivity index is 1.70. The van der Waals surface area contributed by atoms with Gasteiger partial charge in [-0.15, -0.1) is 0 Å². The first-order valence-electron chi connectivity index (χ1n) is 9.29. The van der Waals surface area contributed by atoms with Crippen LogP contribution in [-0.4, -0.2) is 28.5 Å². The molecule has 1 heterocycles. The summed E-state index contributed by atoms with van der Waals surface area (Å²) in [6, 6.07) is 15.6. The van der Waals surface area contributed by atoms with Gasteiger partial charge in [0.1, 0.15) is 0 Å². The molecular weight excluding hydrogens is 336 g/mol. The molecule has 5 nitrogen and oxygen atoms in total. The normalized spacial score (nSPS) is 12.2. The number of carbonyl (C=O) groups is 1. The molecule has 2 aromatic carbocycles. The number of fused-ring (bicyclic) bond motifs is 1. The fourth-order valence-corrected chi connectivity index (χ4v) is 2.88. The van der Waals surface area contributed by atoms with Gasteiger partial charge in [0.15, 0.2) is 0 Å². The lowest BCUT2D eigenvalue weighted by atomic mass is 10.0. The molecule has 1 atom stereocenters. The van der Waals surface area contributed by atoms with Crippen molar-refractivity contribution in [3.8, 4) is 0 Å². The third kappa shape index (κ3) is 4.61. The lowest BCUT2D eigenvalue weighted by Crippen LogP contribution is -2.39. The van der Waals surface area contributed by atoms with E-state index in [1.165, 1.54) is 0 Å². The molecular formula is C22H26N4O. The number of nitrogens with one attached hydrogen (secondary N) is 2. The molecule has 1 amide bonds. The van der Waals surface area contributed by atoms with Crippen LogP contribution in [0.15, 0.2) is 48.5 Å². The van der Waals surface area contributed by atoms with Crippen molar-refractivity contribution in [2.24, 2.45) is 5.92 Å². The summed E-state index contributed by atoms with van der Waals surface area (Å²) in [5.41, 5.74) is 4.99. The molecule has 1 unspecified atom stereocenters. The standard InChI is InChI=1S/C22H26N4O/c1-14(2)21(26-18-8-6-5-7-9-18)13-23-22(27)17-10-11-19-20(12-17)25-16(4)15(3)24-19/h5-12,14,21,26H,13H2,1-4H3,(H,23,27). The molecule has 0 aliphatic carbocycles. The Morgan fingerprint density at radius 1 is 0.963 bits per heavy atom. The zero-order valence-electron chi connectivity index (χ0n) is 16.3. The number of aromatic nitrogens is 2. The van der Waals surface area contributed by atoms with E-state index in [1.54, 1.807) is 12.1 Å². The molecule has 2 N–H and O–H groups in total. The molecule has 0 aliphatic heterocycles. The quantitative estimate of drug-likeness (QED) is 0.692. The average molecular weight is 362 g/mol. The highest BCUT2D eigenvalue weighted by atomic mass is 16.1. The minimum absolute atomic E-state index is 0.0996. The first-order chi connectivity index (χ1) is 12.9. The van der Waals surface area contributed by atoms with Crippen LogP contribution in [0, 0.1) is 19.8 Å². The van der Waals surface area contributed by atoms with Crippen LogP contribution in [0.25, 0.3) is 11.0 Å². The van der Waals surface area contributed by atoms with E-state index in [9.17, 15) is 4.79 Å². The molecule has 0 spiro atoms. The van der Waals surface area contributed by atoms with Gasteiger partial charge in [-0.1, -0.05) is 32.0 Å². The summed E-state index contributed by atoms with van der Waals surface area (Å²) in [4.78, 5) is 21.7. The average Bonchev–Trinajstić information content (AvgIpc) is 2.66. The van der Waals surface area contributed by atoms with Crippen molar-refractivity contribution in [3.63, 3.8) is 0 Å². The lowest BCUT2D eigenvalue weighted by Gasteiger charge is -2.24. The van der Waals surface area contributed by atoms with Crippen LogP contribution in [0.4, 0.5) is 5.69 Å². The minimum Gasteiger partial charge on any atom is -0.380 e. The fraction of sp³-hybridized carbons (Fsp3) is 0.318. The van der Waals surface area contributed by atoms with Crippen LogP contribution < -0.4 is 10.6 Å². The summed E-state index contributed by atoms with van der Waals surface area (Å²) < 4.78 is 0. The van der Waals surface area contributed by atoms with E-state index in [2.05, 4.69) is 34.4 Å². The van der Waals surface area contributed by atoms with E-state index < -0.39 is 0 Å². The second-order valence-corrected chi connectivity index (χ2v) is 7.17. The predicted molar refractivity (Wildman–Crippen MR) is 110 cm³/mol. The van der Waals surface area contributed by atoms with E-state index in [-0.39, 0.29) is 11.9 Å². The smallest absolute Gasteiger partial charge is 0.251 e. The van der Waals surface area contributed by atoms with Gasteiger partial charge >= 0.3 is 0 Å². The molecule has 140 valence electrons. The van der Waals surface area contributed by atoms with Gasteiger partial charge in [0.2, 0.25) is 0 Å². The largest absolute Gasteiger partial charge is 0.380 e. The molecule has 3 rings (SSSR count). The first kappa shape index (κ1) is 18.8.